The van der Waals surface area contributed by atoms with E-state index >= 15 is 0 Å². The summed E-state index contributed by atoms with van der Waals surface area (Å²) in [5.41, 5.74) is 11.7. The second-order valence-electron chi connectivity index (χ2n) is 8.05. The molecule has 0 saturated carbocycles. The van der Waals surface area contributed by atoms with Crippen molar-refractivity contribution in [1.29, 1.82) is 0 Å². The highest BCUT2D eigenvalue weighted by Crippen LogP contribution is 2.27. The Labute approximate surface area is 192 Å². The number of fused-ring (bicyclic) bond motifs is 2. The number of nitrogens with zero attached hydrogens (tertiary/aromatic N) is 4. The molecule has 0 aliphatic heterocycles. The summed E-state index contributed by atoms with van der Waals surface area (Å²) in [6.45, 7) is 1.89. The number of benzene rings is 2. The second-order valence-corrected chi connectivity index (χ2v) is 8.05. The molecular formula is C25H18FN7O. The third-order valence-corrected chi connectivity index (χ3v) is 5.77. The van der Waals surface area contributed by atoms with E-state index in [2.05, 4.69) is 25.0 Å². The molecule has 6 rings (SSSR count). The zero-order chi connectivity index (χ0) is 23.4. The lowest BCUT2D eigenvalue weighted by atomic mass is 10.1. The van der Waals surface area contributed by atoms with E-state index < -0.39 is 5.82 Å². The number of aromatic nitrogens is 6. The van der Waals surface area contributed by atoms with Crippen LogP contribution in [0.1, 0.15) is 21.9 Å². The third kappa shape index (κ3) is 3.22. The number of imidazole rings is 1. The number of nitrogens with one attached hydrogen (secondary N) is 2. The van der Waals surface area contributed by atoms with Gasteiger partial charge >= 0.3 is 0 Å². The molecule has 6 aromatic rings. The molecule has 0 radical (unpaired) electrons. The number of ketones is 1. The van der Waals surface area contributed by atoms with Crippen LogP contribution in [0.2, 0.25) is 0 Å². The Morgan fingerprint density at radius 3 is 2.71 bits per heavy atom. The van der Waals surface area contributed by atoms with Crippen LogP contribution in [0.25, 0.3) is 38.9 Å². The van der Waals surface area contributed by atoms with Crippen LogP contribution in [0.4, 0.5) is 10.2 Å². The molecule has 0 aliphatic rings. The fraction of sp³-hybridized carbons (Fsp3) is 0.0400. The summed E-state index contributed by atoms with van der Waals surface area (Å²) in [5, 5.41) is 5.21. The number of hydrogen-bond acceptors (Lipinski definition) is 5. The lowest BCUT2D eigenvalue weighted by Gasteiger charge is -2.05. The first-order chi connectivity index (χ1) is 16.5. The van der Waals surface area contributed by atoms with Gasteiger partial charge in [-0.15, -0.1) is 0 Å². The zero-order valence-corrected chi connectivity index (χ0v) is 18.0. The minimum atomic E-state index is -0.393. The summed E-state index contributed by atoms with van der Waals surface area (Å²) >= 11 is 0. The van der Waals surface area contributed by atoms with E-state index in [9.17, 15) is 9.18 Å². The highest BCUT2D eigenvalue weighted by atomic mass is 19.1. The number of rotatable bonds is 4. The number of pyridine rings is 1. The van der Waals surface area contributed by atoms with Crippen LogP contribution in [0.3, 0.4) is 0 Å². The molecule has 2 aromatic carbocycles. The Morgan fingerprint density at radius 1 is 1.00 bits per heavy atom. The summed E-state index contributed by atoms with van der Waals surface area (Å²) < 4.78 is 14.7. The number of carbonyl (C=O) groups is 1. The lowest BCUT2D eigenvalue weighted by Crippen LogP contribution is -2.07. The Hall–Kier alpha value is -4.79. The summed E-state index contributed by atoms with van der Waals surface area (Å²) in [6, 6.07) is 16.0. The number of nitrogens with two attached hydrogens (primary N) is 1. The van der Waals surface area contributed by atoms with Gasteiger partial charge in [0.1, 0.15) is 17.5 Å². The van der Waals surface area contributed by atoms with Crippen LogP contribution in [-0.4, -0.2) is 35.5 Å². The number of anilines is 1. The molecule has 166 valence electrons. The van der Waals surface area contributed by atoms with Crippen LogP contribution in [0, 0.1) is 12.7 Å². The molecule has 0 amide bonds. The molecule has 0 spiro atoms. The van der Waals surface area contributed by atoms with Crippen LogP contribution in [0.15, 0.2) is 67.0 Å². The predicted octanol–water partition coefficient (Wildman–Crippen LogP) is 4.55. The summed E-state index contributed by atoms with van der Waals surface area (Å²) in [6.07, 6.45) is 2.65. The van der Waals surface area contributed by atoms with E-state index in [0.717, 1.165) is 39.0 Å². The Balaban J connectivity index is 1.34. The summed E-state index contributed by atoms with van der Waals surface area (Å²) in [4.78, 5) is 28.1. The number of H-pyrrole nitrogens is 2. The molecule has 0 saturated heterocycles. The molecule has 0 unspecified atom stereocenters. The Bertz CT molecular complexity index is 1710. The van der Waals surface area contributed by atoms with Gasteiger partial charge in [0.25, 0.3) is 0 Å². The van der Waals surface area contributed by atoms with Crippen LogP contribution in [0.5, 0.6) is 0 Å². The van der Waals surface area contributed by atoms with Gasteiger partial charge in [0.05, 0.1) is 46.1 Å². The third-order valence-electron chi connectivity index (χ3n) is 5.77. The first-order valence-electron chi connectivity index (χ1n) is 10.6. The van der Waals surface area contributed by atoms with E-state index in [0.29, 0.717) is 17.0 Å². The van der Waals surface area contributed by atoms with Crippen LogP contribution < -0.4 is 5.73 Å². The van der Waals surface area contributed by atoms with E-state index in [1.807, 2.05) is 43.3 Å². The molecule has 4 aromatic heterocycles. The van der Waals surface area contributed by atoms with Crippen molar-refractivity contribution in [1.82, 2.24) is 29.7 Å². The normalized spacial score (nSPS) is 11.5. The zero-order valence-electron chi connectivity index (χ0n) is 18.0. The maximum atomic E-state index is 13.3. The molecule has 8 nitrogen and oxygen atoms in total. The maximum absolute atomic E-state index is 13.3. The molecule has 0 atom stereocenters. The van der Waals surface area contributed by atoms with Gasteiger partial charge in [-0.25, -0.2) is 14.1 Å². The number of aryl methyl sites for hydroxylation is 1. The van der Waals surface area contributed by atoms with E-state index in [-0.39, 0.29) is 11.6 Å². The fourth-order valence-corrected chi connectivity index (χ4v) is 4.10. The molecule has 0 fully saturated rings. The number of halogens is 1. The van der Waals surface area contributed by atoms with Crippen LogP contribution >= 0.6 is 0 Å². The van der Waals surface area contributed by atoms with Gasteiger partial charge < -0.3 is 15.7 Å². The fourth-order valence-electron chi connectivity index (χ4n) is 4.10. The van der Waals surface area contributed by atoms with Crippen molar-refractivity contribution in [3.05, 3.63) is 89.9 Å². The first-order valence-corrected chi connectivity index (χ1v) is 10.6. The number of aromatic amines is 2. The van der Waals surface area contributed by atoms with Crippen molar-refractivity contribution in [3.63, 3.8) is 0 Å². The van der Waals surface area contributed by atoms with Gasteiger partial charge in [-0.2, -0.15) is 5.10 Å². The van der Waals surface area contributed by atoms with Gasteiger partial charge in [0, 0.05) is 16.5 Å². The van der Waals surface area contributed by atoms with E-state index in [4.69, 9.17) is 5.73 Å². The average molecular weight is 451 g/mol. The van der Waals surface area contributed by atoms with Gasteiger partial charge in [-0.1, -0.05) is 12.1 Å². The summed E-state index contributed by atoms with van der Waals surface area (Å²) in [5.74, 6) is 0.402. The van der Waals surface area contributed by atoms with E-state index in [1.54, 1.807) is 12.1 Å². The topological polar surface area (TPSA) is 118 Å². The highest BCUT2D eigenvalue weighted by molar-refractivity contribution is 6.12. The lowest BCUT2D eigenvalue weighted by molar-refractivity contribution is 0.103. The Kier molecular flexibility index (Phi) is 4.31. The van der Waals surface area contributed by atoms with Gasteiger partial charge in [0.2, 0.25) is 5.78 Å². The smallest absolute Gasteiger partial charge is 0.214 e. The SMILES string of the molecule is Cc1nc2ccc(-n3ncc(C(=O)c4cc5ccc(-c6ccc(F)cn6)cc5[nH]4)c3N)cc2[nH]1. The standard InChI is InChI=1S/C25H18FN7O/c1-13-30-20-7-5-17(10-22(20)31-13)33-25(27)18(12-29-33)24(34)23-9-15-3-2-14(8-21(15)32-23)19-6-4-16(26)11-28-19/h2-12,32H,27H2,1H3,(H,30,31). The van der Waals surface area contributed by atoms with Crippen molar-refractivity contribution in [2.24, 2.45) is 0 Å². The highest BCUT2D eigenvalue weighted by Gasteiger charge is 2.20. The van der Waals surface area contributed by atoms with Gasteiger partial charge in [-0.3, -0.25) is 9.78 Å². The summed E-state index contributed by atoms with van der Waals surface area (Å²) in [7, 11) is 0. The minimum absolute atomic E-state index is 0.246. The molecule has 0 aliphatic carbocycles. The predicted molar refractivity (Wildman–Crippen MR) is 127 cm³/mol. The van der Waals surface area contributed by atoms with Crippen molar-refractivity contribution in [2.75, 3.05) is 5.73 Å². The van der Waals surface area contributed by atoms with Crippen molar-refractivity contribution >= 4 is 33.5 Å². The molecule has 4 N–H and O–H groups in total. The van der Waals surface area contributed by atoms with Crippen molar-refractivity contribution in [3.8, 4) is 16.9 Å². The molecular weight excluding hydrogens is 433 g/mol. The number of nitrogen functional groups attached to an aromatic ring is 1. The average Bonchev–Trinajstić information content (AvgIpc) is 3.53. The van der Waals surface area contributed by atoms with Gasteiger partial charge in [0.15, 0.2) is 0 Å². The largest absolute Gasteiger partial charge is 0.383 e. The maximum Gasteiger partial charge on any atom is 0.214 e. The van der Waals surface area contributed by atoms with Crippen molar-refractivity contribution in [2.45, 2.75) is 6.92 Å². The van der Waals surface area contributed by atoms with Crippen LogP contribution in [-0.2, 0) is 0 Å². The van der Waals surface area contributed by atoms with Gasteiger partial charge in [-0.05, 0) is 49.4 Å². The van der Waals surface area contributed by atoms with Crippen molar-refractivity contribution < 1.29 is 9.18 Å². The number of hydrogen-bond donors (Lipinski definition) is 3. The Morgan fingerprint density at radius 2 is 1.88 bits per heavy atom. The molecule has 0 bridgehead atoms. The van der Waals surface area contributed by atoms with E-state index in [1.165, 1.54) is 23.1 Å². The first kappa shape index (κ1) is 19.9. The number of carbonyl (C=O) groups excluding carboxylic acids is 1. The second kappa shape index (κ2) is 7.38. The minimum Gasteiger partial charge on any atom is -0.383 e. The quantitative estimate of drug-likeness (QED) is 0.340. The molecule has 34 heavy (non-hydrogen) atoms. The molecule has 9 heteroatoms. The molecule has 4 heterocycles. The monoisotopic (exact) mass is 451 g/mol.